The zero-order valence-electron chi connectivity index (χ0n) is 10.5. The number of hydrogen-bond acceptors (Lipinski definition) is 5. The zero-order valence-corrected chi connectivity index (χ0v) is 11.2. The van der Waals surface area contributed by atoms with Crippen molar-refractivity contribution in [1.82, 2.24) is 4.90 Å². The highest BCUT2D eigenvalue weighted by molar-refractivity contribution is 6.31. The first kappa shape index (κ1) is 14.7. The molecule has 1 aliphatic rings. The summed E-state index contributed by atoms with van der Waals surface area (Å²) >= 11 is 6.01. The Hall–Kier alpha value is -1.70. The number of halogens is 1. The standard InChI is InChI=1S/C12H13ClN2O5/c13-10-5-9(15(18)19)2-1-8(10)6-14-3-4-20-7-11(14)12(16)17/h1-2,5,11H,3-4,6-7H2,(H,16,17). The number of carboxylic acids is 1. The summed E-state index contributed by atoms with van der Waals surface area (Å²) in [6.07, 6.45) is 0. The smallest absolute Gasteiger partial charge is 0.323 e. The van der Waals surface area contributed by atoms with E-state index < -0.39 is 16.9 Å². The van der Waals surface area contributed by atoms with Crippen LogP contribution < -0.4 is 0 Å². The summed E-state index contributed by atoms with van der Waals surface area (Å²) in [4.78, 5) is 23.0. The van der Waals surface area contributed by atoms with Gasteiger partial charge in [0.1, 0.15) is 6.04 Å². The van der Waals surface area contributed by atoms with Gasteiger partial charge < -0.3 is 9.84 Å². The van der Waals surface area contributed by atoms with E-state index in [4.69, 9.17) is 21.4 Å². The van der Waals surface area contributed by atoms with Crippen molar-refractivity contribution in [1.29, 1.82) is 0 Å². The molecule has 1 aromatic rings. The van der Waals surface area contributed by atoms with Gasteiger partial charge in [0.25, 0.3) is 5.69 Å². The van der Waals surface area contributed by atoms with Gasteiger partial charge in [-0.1, -0.05) is 11.6 Å². The summed E-state index contributed by atoms with van der Waals surface area (Å²) in [5.41, 5.74) is 0.570. The maximum Gasteiger partial charge on any atom is 0.323 e. The predicted molar refractivity (Wildman–Crippen MR) is 70.8 cm³/mol. The number of aliphatic carboxylic acids is 1. The van der Waals surface area contributed by atoms with Crippen molar-refractivity contribution in [3.63, 3.8) is 0 Å². The van der Waals surface area contributed by atoms with Crippen LogP contribution in [0.15, 0.2) is 18.2 Å². The molecule has 1 N–H and O–H groups in total. The van der Waals surface area contributed by atoms with Crippen molar-refractivity contribution < 1.29 is 19.6 Å². The van der Waals surface area contributed by atoms with E-state index in [0.29, 0.717) is 25.3 Å². The van der Waals surface area contributed by atoms with E-state index in [1.54, 1.807) is 11.0 Å². The quantitative estimate of drug-likeness (QED) is 0.669. The average Bonchev–Trinajstić information content (AvgIpc) is 2.41. The zero-order chi connectivity index (χ0) is 14.7. The number of rotatable bonds is 4. The Morgan fingerprint density at radius 1 is 1.60 bits per heavy atom. The fourth-order valence-corrected chi connectivity index (χ4v) is 2.29. The molecular formula is C12H13ClN2O5. The van der Waals surface area contributed by atoms with Crippen LogP contribution in [0, 0.1) is 10.1 Å². The van der Waals surface area contributed by atoms with Crippen LogP contribution in [0.1, 0.15) is 5.56 Å². The van der Waals surface area contributed by atoms with Crippen molar-refractivity contribution in [3.8, 4) is 0 Å². The minimum Gasteiger partial charge on any atom is -0.480 e. The molecule has 0 spiro atoms. The molecule has 0 aliphatic carbocycles. The Kier molecular flexibility index (Phi) is 4.53. The van der Waals surface area contributed by atoms with Crippen LogP contribution in [-0.2, 0) is 16.1 Å². The first-order valence-electron chi connectivity index (χ1n) is 5.96. The van der Waals surface area contributed by atoms with Gasteiger partial charge in [-0.15, -0.1) is 0 Å². The van der Waals surface area contributed by atoms with Crippen LogP contribution in [0.25, 0.3) is 0 Å². The van der Waals surface area contributed by atoms with Gasteiger partial charge in [0, 0.05) is 25.2 Å². The number of morpholine rings is 1. The molecule has 0 aromatic heterocycles. The number of non-ortho nitro benzene ring substituents is 1. The van der Waals surface area contributed by atoms with E-state index >= 15 is 0 Å². The van der Waals surface area contributed by atoms with Crippen LogP contribution in [0.5, 0.6) is 0 Å². The van der Waals surface area contributed by atoms with Gasteiger partial charge in [0.2, 0.25) is 0 Å². The van der Waals surface area contributed by atoms with E-state index in [0.717, 1.165) is 0 Å². The summed E-state index contributed by atoms with van der Waals surface area (Å²) in [6, 6.07) is 3.45. The topological polar surface area (TPSA) is 92.9 Å². The fourth-order valence-electron chi connectivity index (χ4n) is 2.05. The van der Waals surface area contributed by atoms with Crippen LogP contribution in [0.2, 0.25) is 5.02 Å². The number of nitrogens with zero attached hydrogens (tertiary/aromatic N) is 2. The fraction of sp³-hybridized carbons (Fsp3) is 0.417. The number of hydrogen-bond donors (Lipinski definition) is 1. The Morgan fingerprint density at radius 2 is 2.35 bits per heavy atom. The SMILES string of the molecule is O=C(O)C1COCCN1Cc1ccc([N+](=O)[O-])cc1Cl. The average molecular weight is 301 g/mol. The second-order valence-corrected chi connectivity index (χ2v) is 4.84. The third-order valence-electron chi connectivity index (χ3n) is 3.15. The summed E-state index contributed by atoms with van der Waals surface area (Å²) in [5.74, 6) is -0.956. The monoisotopic (exact) mass is 300 g/mol. The molecule has 0 radical (unpaired) electrons. The molecule has 0 amide bonds. The molecule has 0 bridgehead atoms. The van der Waals surface area contributed by atoms with Crippen molar-refractivity contribution in [2.24, 2.45) is 0 Å². The second kappa shape index (κ2) is 6.17. The number of nitro groups is 1. The van der Waals surface area contributed by atoms with Crippen LogP contribution >= 0.6 is 11.6 Å². The highest BCUT2D eigenvalue weighted by Crippen LogP contribution is 2.24. The molecule has 0 saturated carbocycles. The van der Waals surface area contributed by atoms with Crippen molar-refractivity contribution in [3.05, 3.63) is 38.9 Å². The molecule has 8 heteroatoms. The number of nitro benzene ring substituents is 1. The lowest BCUT2D eigenvalue weighted by Crippen LogP contribution is -2.49. The van der Waals surface area contributed by atoms with E-state index in [1.807, 2.05) is 0 Å². The summed E-state index contributed by atoms with van der Waals surface area (Å²) in [7, 11) is 0. The maximum atomic E-state index is 11.1. The minimum atomic E-state index is -0.956. The molecule has 1 heterocycles. The van der Waals surface area contributed by atoms with Gasteiger partial charge in [-0.2, -0.15) is 0 Å². The Balaban J connectivity index is 2.16. The Morgan fingerprint density at radius 3 is 2.95 bits per heavy atom. The lowest BCUT2D eigenvalue weighted by molar-refractivity contribution is -0.384. The van der Waals surface area contributed by atoms with E-state index in [1.165, 1.54) is 12.1 Å². The maximum absolute atomic E-state index is 11.1. The molecular weight excluding hydrogens is 288 g/mol. The molecule has 1 atom stereocenters. The van der Waals surface area contributed by atoms with E-state index in [9.17, 15) is 14.9 Å². The highest BCUT2D eigenvalue weighted by atomic mass is 35.5. The van der Waals surface area contributed by atoms with Gasteiger partial charge in [0.15, 0.2) is 0 Å². The van der Waals surface area contributed by atoms with Gasteiger partial charge >= 0.3 is 5.97 Å². The van der Waals surface area contributed by atoms with Gasteiger partial charge in [0.05, 0.1) is 23.2 Å². The molecule has 20 heavy (non-hydrogen) atoms. The lowest BCUT2D eigenvalue weighted by Gasteiger charge is -2.32. The molecule has 1 aliphatic heterocycles. The number of carboxylic acid groups (broad SMARTS) is 1. The summed E-state index contributed by atoms with van der Waals surface area (Å²) in [5, 5.41) is 20.0. The Bertz CT molecular complexity index is 537. The number of carbonyl (C=O) groups is 1. The van der Waals surface area contributed by atoms with Crippen molar-refractivity contribution in [2.45, 2.75) is 12.6 Å². The normalized spacial score (nSPS) is 19.8. The number of benzene rings is 1. The molecule has 7 nitrogen and oxygen atoms in total. The van der Waals surface area contributed by atoms with E-state index in [-0.39, 0.29) is 17.3 Å². The predicted octanol–water partition coefficient (Wildman–Crippen LogP) is 1.53. The van der Waals surface area contributed by atoms with Crippen molar-refractivity contribution in [2.75, 3.05) is 19.8 Å². The third-order valence-corrected chi connectivity index (χ3v) is 3.50. The molecule has 1 saturated heterocycles. The third kappa shape index (κ3) is 3.24. The van der Waals surface area contributed by atoms with Gasteiger partial charge in [-0.3, -0.25) is 19.8 Å². The highest BCUT2D eigenvalue weighted by Gasteiger charge is 2.29. The van der Waals surface area contributed by atoms with Gasteiger partial charge in [-0.25, -0.2) is 0 Å². The second-order valence-electron chi connectivity index (χ2n) is 4.43. The van der Waals surface area contributed by atoms with Crippen LogP contribution in [-0.4, -0.2) is 46.7 Å². The number of ether oxygens (including phenoxy) is 1. The molecule has 108 valence electrons. The summed E-state index contributed by atoms with van der Waals surface area (Å²) < 4.78 is 5.15. The molecule has 1 unspecified atom stereocenters. The van der Waals surface area contributed by atoms with Crippen molar-refractivity contribution >= 4 is 23.3 Å². The molecule has 2 rings (SSSR count). The minimum absolute atomic E-state index is 0.0875. The first-order valence-corrected chi connectivity index (χ1v) is 6.34. The lowest BCUT2D eigenvalue weighted by atomic mass is 10.1. The van der Waals surface area contributed by atoms with Crippen LogP contribution in [0.3, 0.4) is 0 Å². The largest absolute Gasteiger partial charge is 0.480 e. The first-order chi connectivity index (χ1) is 9.49. The summed E-state index contributed by atoms with van der Waals surface area (Å²) in [6.45, 7) is 1.37. The van der Waals surface area contributed by atoms with Crippen LogP contribution in [0.4, 0.5) is 5.69 Å². The van der Waals surface area contributed by atoms with E-state index in [2.05, 4.69) is 0 Å². The van der Waals surface area contributed by atoms with Gasteiger partial charge in [-0.05, 0) is 11.6 Å². The molecule has 1 aromatic carbocycles. The molecule has 1 fully saturated rings. The Labute approximate surface area is 119 Å².